The first-order valence-electron chi connectivity index (χ1n) is 15.1. The van der Waals surface area contributed by atoms with Crippen LogP contribution in [0.15, 0.2) is 17.1 Å². The fourth-order valence-electron chi connectivity index (χ4n) is 4.88. The van der Waals surface area contributed by atoms with E-state index in [0.29, 0.717) is 13.2 Å². The first-order valence-corrected chi connectivity index (χ1v) is 16.1. The Morgan fingerprint density at radius 2 is 1.37 bits per heavy atom. The topological polar surface area (TPSA) is 31.6 Å². The second kappa shape index (κ2) is 22.7. The summed E-state index contributed by atoms with van der Waals surface area (Å²) in [5.74, 6) is 0. The molecule has 1 saturated heterocycles. The van der Waals surface area contributed by atoms with Crippen molar-refractivity contribution in [2.24, 2.45) is 0 Å². The molecular formula is C30H56NO3S+. The molecule has 1 aromatic rings. The van der Waals surface area contributed by atoms with E-state index in [2.05, 4.69) is 28.6 Å². The third-order valence-corrected chi connectivity index (χ3v) is 7.81. The van der Waals surface area contributed by atoms with Crippen LogP contribution >= 0.6 is 11.3 Å². The minimum Gasteiger partial charge on any atom is -0.379 e. The maximum absolute atomic E-state index is 6.02. The normalized spacial score (nSPS) is 18.0. The van der Waals surface area contributed by atoms with Crippen LogP contribution in [-0.2, 0) is 20.8 Å². The second-order valence-corrected chi connectivity index (χ2v) is 11.3. The van der Waals surface area contributed by atoms with Gasteiger partial charge in [-0.2, -0.15) is 4.57 Å². The van der Waals surface area contributed by atoms with Crippen LogP contribution in [-0.4, -0.2) is 32.2 Å². The highest BCUT2D eigenvalue weighted by Crippen LogP contribution is 2.19. The molecule has 1 aromatic heterocycles. The third-order valence-electron chi connectivity index (χ3n) is 7.14. The van der Waals surface area contributed by atoms with Gasteiger partial charge in [0.25, 0.3) is 0 Å². The molecule has 0 amide bonds. The number of hydrogen-bond acceptors (Lipinski definition) is 4. The maximum Gasteiger partial charge on any atom is 0.224 e. The minimum absolute atomic E-state index is 0.00329. The Hall–Kier alpha value is -0.490. The van der Waals surface area contributed by atoms with E-state index in [9.17, 15) is 0 Å². The number of aromatic nitrogens is 1. The number of aryl methyl sites for hydroxylation is 1. The number of hydrogen-bond donors (Lipinski definition) is 0. The van der Waals surface area contributed by atoms with Gasteiger partial charge in [-0.3, -0.25) is 0 Å². The van der Waals surface area contributed by atoms with Crippen LogP contribution < -0.4 is 4.57 Å². The molecule has 2 heterocycles. The molecule has 0 spiro atoms. The van der Waals surface area contributed by atoms with Gasteiger partial charge in [0.1, 0.15) is 12.6 Å². The maximum atomic E-state index is 6.02. The highest BCUT2D eigenvalue weighted by Gasteiger charge is 2.25. The lowest BCUT2D eigenvalue weighted by atomic mass is 10.0. The molecule has 204 valence electrons. The fraction of sp³-hybridized carbons (Fsp3) is 0.900. The quantitative estimate of drug-likeness (QED) is 0.0974. The van der Waals surface area contributed by atoms with Crippen LogP contribution in [0.2, 0.25) is 0 Å². The lowest BCUT2D eigenvalue weighted by Crippen LogP contribution is -2.29. The van der Waals surface area contributed by atoms with Crippen LogP contribution in [0.4, 0.5) is 0 Å². The van der Waals surface area contributed by atoms with Gasteiger partial charge in [-0.05, 0) is 25.7 Å². The zero-order chi connectivity index (χ0) is 24.7. The summed E-state index contributed by atoms with van der Waals surface area (Å²) in [7, 11) is 0. The second-order valence-electron chi connectivity index (χ2n) is 10.5. The average molecular weight is 511 g/mol. The molecule has 1 aliphatic rings. The third kappa shape index (κ3) is 17.6. The molecule has 0 bridgehead atoms. The molecule has 0 aliphatic carbocycles. The van der Waals surface area contributed by atoms with Gasteiger partial charge in [-0.15, -0.1) is 0 Å². The Labute approximate surface area is 221 Å². The summed E-state index contributed by atoms with van der Waals surface area (Å²) in [6.45, 7) is 5.70. The lowest BCUT2D eigenvalue weighted by Gasteiger charge is -2.12. The van der Waals surface area contributed by atoms with E-state index < -0.39 is 0 Å². The van der Waals surface area contributed by atoms with Gasteiger partial charge in [0.05, 0.1) is 18.6 Å². The smallest absolute Gasteiger partial charge is 0.224 e. The monoisotopic (exact) mass is 510 g/mol. The molecule has 1 aliphatic heterocycles. The summed E-state index contributed by atoms with van der Waals surface area (Å²) >= 11 is 1.77. The van der Waals surface area contributed by atoms with Crippen LogP contribution in [0.1, 0.15) is 135 Å². The van der Waals surface area contributed by atoms with Crippen LogP contribution in [0.3, 0.4) is 0 Å². The molecule has 2 rings (SSSR count). The van der Waals surface area contributed by atoms with Gasteiger partial charge in [0.2, 0.25) is 5.51 Å². The lowest BCUT2D eigenvalue weighted by molar-refractivity contribution is -0.692. The van der Waals surface area contributed by atoms with Gasteiger partial charge >= 0.3 is 0 Å². The van der Waals surface area contributed by atoms with Crippen molar-refractivity contribution in [1.29, 1.82) is 0 Å². The number of nitrogens with zero attached hydrogens (tertiary/aromatic N) is 1. The van der Waals surface area contributed by atoms with E-state index in [0.717, 1.165) is 26.0 Å². The average Bonchev–Trinajstić information content (AvgIpc) is 3.55. The summed E-state index contributed by atoms with van der Waals surface area (Å²) in [5, 5.41) is 2.14. The van der Waals surface area contributed by atoms with Crippen LogP contribution in [0, 0.1) is 0 Å². The largest absolute Gasteiger partial charge is 0.379 e. The minimum atomic E-state index is 0.00329. The van der Waals surface area contributed by atoms with E-state index in [-0.39, 0.29) is 12.4 Å². The zero-order valence-electron chi connectivity index (χ0n) is 22.9. The number of ether oxygens (including phenoxy) is 3. The van der Waals surface area contributed by atoms with Crippen molar-refractivity contribution in [1.82, 2.24) is 0 Å². The van der Waals surface area contributed by atoms with Crippen molar-refractivity contribution in [2.45, 2.75) is 154 Å². The molecule has 4 nitrogen and oxygen atoms in total. The Morgan fingerprint density at radius 1 is 0.771 bits per heavy atom. The molecule has 0 radical (unpaired) electrons. The molecular weight excluding hydrogens is 454 g/mol. The van der Waals surface area contributed by atoms with Gasteiger partial charge in [0, 0.05) is 13.0 Å². The van der Waals surface area contributed by atoms with Crippen LogP contribution in [0.5, 0.6) is 0 Å². The SMILES string of the molecule is CCCCCCCCCCCCCCCC1OCC(COCCCCCCCC[n+]2ccsc2)O1. The number of rotatable bonds is 25. The molecule has 0 N–H and O–H groups in total. The summed E-state index contributed by atoms with van der Waals surface area (Å²) < 4.78 is 20.0. The predicted octanol–water partition coefficient (Wildman–Crippen LogP) is 8.62. The van der Waals surface area contributed by atoms with E-state index in [1.54, 1.807) is 11.3 Å². The standard InChI is InChI=1S/C30H56NO3S/c1-2-3-4-5-6-7-8-9-10-11-12-15-18-21-30-33-27-29(34-30)26-32-24-20-17-14-13-16-19-22-31-23-25-35-28-31/h23,25,28-30H,2-22,24,26-27H2,1H3/q+1. The molecule has 0 aromatic carbocycles. The van der Waals surface area contributed by atoms with Crippen molar-refractivity contribution < 1.29 is 18.8 Å². The Balaban J connectivity index is 1.26. The van der Waals surface area contributed by atoms with Crippen molar-refractivity contribution in [3.63, 3.8) is 0 Å². The Kier molecular flexibility index (Phi) is 19.9. The van der Waals surface area contributed by atoms with E-state index in [1.165, 1.54) is 116 Å². The molecule has 35 heavy (non-hydrogen) atoms. The first kappa shape index (κ1) is 30.7. The van der Waals surface area contributed by atoms with Crippen molar-refractivity contribution in [3.05, 3.63) is 17.1 Å². The van der Waals surface area contributed by atoms with Gasteiger partial charge < -0.3 is 14.2 Å². The van der Waals surface area contributed by atoms with Gasteiger partial charge in [-0.1, -0.05) is 115 Å². The molecule has 0 saturated carbocycles. The zero-order valence-corrected chi connectivity index (χ0v) is 23.8. The van der Waals surface area contributed by atoms with Gasteiger partial charge in [-0.25, -0.2) is 0 Å². The first-order chi connectivity index (χ1) is 17.4. The molecule has 2 unspecified atom stereocenters. The summed E-state index contributed by atoms with van der Waals surface area (Å²) in [6, 6.07) is 0. The van der Waals surface area contributed by atoms with Crippen molar-refractivity contribution in [3.8, 4) is 0 Å². The summed E-state index contributed by atoms with van der Waals surface area (Å²) in [6.07, 6.45) is 29.2. The Bertz CT molecular complexity index is 554. The fourth-order valence-corrected chi connectivity index (χ4v) is 5.51. The van der Waals surface area contributed by atoms with Gasteiger partial charge in [0.15, 0.2) is 12.5 Å². The van der Waals surface area contributed by atoms with E-state index >= 15 is 0 Å². The highest BCUT2D eigenvalue weighted by atomic mass is 32.1. The van der Waals surface area contributed by atoms with Crippen LogP contribution in [0.25, 0.3) is 0 Å². The predicted molar refractivity (Wildman–Crippen MR) is 148 cm³/mol. The number of thiazole rings is 1. The van der Waals surface area contributed by atoms with Crippen molar-refractivity contribution in [2.75, 3.05) is 19.8 Å². The molecule has 1 fully saturated rings. The molecule has 5 heteroatoms. The number of unbranched alkanes of at least 4 members (excludes halogenated alkanes) is 17. The summed E-state index contributed by atoms with van der Waals surface area (Å²) in [5.41, 5.74) is 2.19. The van der Waals surface area contributed by atoms with E-state index in [4.69, 9.17) is 14.2 Å². The van der Waals surface area contributed by atoms with Crippen molar-refractivity contribution >= 4 is 11.3 Å². The highest BCUT2D eigenvalue weighted by molar-refractivity contribution is 7.07. The summed E-state index contributed by atoms with van der Waals surface area (Å²) in [4.78, 5) is 0. The molecule has 2 atom stereocenters. The van der Waals surface area contributed by atoms with E-state index in [1.807, 2.05) is 0 Å². The Morgan fingerprint density at radius 3 is 2.00 bits per heavy atom.